The van der Waals surface area contributed by atoms with E-state index in [1.54, 1.807) is 37.1 Å². The highest BCUT2D eigenvalue weighted by molar-refractivity contribution is 4.77. The average Bonchev–Trinajstić information content (AvgIpc) is 2.12. The Morgan fingerprint density at radius 3 is 2.70 bits per heavy atom. The number of nitrogens with zero attached hydrogens (tertiary/aromatic N) is 2. The van der Waals surface area contributed by atoms with Crippen molar-refractivity contribution in [1.29, 1.82) is 0 Å². The Bertz CT molecular complexity index is 186. The van der Waals surface area contributed by atoms with Crippen molar-refractivity contribution in [2.75, 3.05) is 0 Å². The SMILES string of the molecule is CC(C)([O])Cn1ccnc1. The van der Waals surface area contributed by atoms with Gasteiger partial charge in [0.15, 0.2) is 0 Å². The van der Waals surface area contributed by atoms with E-state index in [2.05, 4.69) is 4.98 Å². The first-order valence-corrected chi connectivity index (χ1v) is 3.24. The molecule has 0 aromatic carbocycles. The third-order valence-electron chi connectivity index (χ3n) is 1.12. The zero-order chi connectivity index (χ0) is 7.61. The number of hydrogen-bond acceptors (Lipinski definition) is 1. The molecular formula is C7H11N2O. The van der Waals surface area contributed by atoms with Crippen molar-refractivity contribution >= 4 is 0 Å². The summed E-state index contributed by atoms with van der Waals surface area (Å²) in [6.45, 7) is 3.80. The van der Waals surface area contributed by atoms with Crippen LogP contribution in [0.25, 0.3) is 0 Å². The maximum absolute atomic E-state index is 11.1. The first-order chi connectivity index (χ1) is 4.58. The normalized spacial score (nSPS) is 11.9. The molecule has 0 saturated carbocycles. The minimum absolute atomic E-state index is 0.479. The van der Waals surface area contributed by atoms with E-state index in [1.165, 1.54) is 0 Å². The van der Waals surface area contributed by atoms with Gasteiger partial charge in [0, 0.05) is 12.4 Å². The van der Waals surface area contributed by atoms with E-state index in [-0.39, 0.29) is 0 Å². The lowest BCUT2D eigenvalue weighted by atomic mass is 10.1. The second-order valence-corrected chi connectivity index (χ2v) is 2.99. The van der Waals surface area contributed by atoms with Crippen LogP contribution in [0, 0.1) is 0 Å². The van der Waals surface area contributed by atoms with Crippen LogP contribution in [0.4, 0.5) is 0 Å². The summed E-state index contributed by atoms with van der Waals surface area (Å²) in [5, 5.41) is 11.1. The lowest BCUT2D eigenvalue weighted by Crippen LogP contribution is -2.23. The highest BCUT2D eigenvalue weighted by Gasteiger charge is 2.14. The summed E-state index contributed by atoms with van der Waals surface area (Å²) < 4.78 is 1.78. The molecule has 55 valence electrons. The van der Waals surface area contributed by atoms with Gasteiger partial charge in [-0.25, -0.2) is 10.1 Å². The summed E-state index contributed by atoms with van der Waals surface area (Å²) in [5.41, 5.74) is -0.902. The molecule has 10 heavy (non-hydrogen) atoms. The van der Waals surface area contributed by atoms with Gasteiger partial charge >= 0.3 is 0 Å². The van der Waals surface area contributed by atoms with Gasteiger partial charge in [-0.3, -0.25) is 0 Å². The van der Waals surface area contributed by atoms with Gasteiger partial charge in [0.2, 0.25) is 0 Å². The largest absolute Gasteiger partial charge is 0.334 e. The minimum Gasteiger partial charge on any atom is -0.334 e. The maximum atomic E-state index is 11.1. The van der Waals surface area contributed by atoms with Gasteiger partial charge in [0.1, 0.15) is 5.60 Å². The van der Waals surface area contributed by atoms with E-state index >= 15 is 0 Å². The summed E-state index contributed by atoms with van der Waals surface area (Å²) in [6, 6.07) is 0. The number of hydrogen-bond donors (Lipinski definition) is 0. The molecule has 3 nitrogen and oxygen atoms in total. The van der Waals surface area contributed by atoms with E-state index in [0.29, 0.717) is 6.54 Å². The third kappa shape index (κ3) is 2.19. The fourth-order valence-corrected chi connectivity index (χ4v) is 0.820. The molecule has 3 heteroatoms. The standard InChI is InChI=1S/C7H11N2O/c1-7(2,10)5-9-4-3-8-6-9/h3-4,6H,5H2,1-2H3. The Morgan fingerprint density at radius 2 is 2.30 bits per heavy atom. The van der Waals surface area contributed by atoms with Crippen LogP contribution in [0.15, 0.2) is 18.7 Å². The predicted molar refractivity (Wildman–Crippen MR) is 37.0 cm³/mol. The van der Waals surface area contributed by atoms with Gasteiger partial charge < -0.3 is 4.57 Å². The van der Waals surface area contributed by atoms with E-state index in [1.807, 2.05) is 0 Å². The molecule has 0 saturated heterocycles. The van der Waals surface area contributed by atoms with Crippen molar-refractivity contribution < 1.29 is 5.11 Å². The topological polar surface area (TPSA) is 37.7 Å². The molecule has 0 N–H and O–H groups in total. The molecule has 0 fully saturated rings. The zero-order valence-electron chi connectivity index (χ0n) is 6.24. The van der Waals surface area contributed by atoms with E-state index in [4.69, 9.17) is 0 Å². The first-order valence-electron chi connectivity index (χ1n) is 3.24. The van der Waals surface area contributed by atoms with Crippen LogP contribution in [0.1, 0.15) is 13.8 Å². The Morgan fingerprint density at radius 1 is 1.60 bits per heavy atom. The summed E-state index contributed by atoms with van der Waals surface area (Å²) in [6.07, 6.45) is 5.12. The molecule has 0 unspecified atom stereocenters. The minimum atomic E-state index is -0.902. The predicted octanol–water partition coefficient (Wildman–Crippen LogP) is 1.09. The van der Waals surface area contributed by atoms with Gasteiger partial charge in [0.25, 0.3) is 0 Å². The Balaban J connectivity index is 2.57. The molecule has 0 aliphatic carbocycles. The van der Waals surface area contributed by atoms with Crippen LogP contribution >= 0.6 is 0 Å². The zero-order valence-corrected chi connectivity index (χ0v) is 6.24. The van der Waals surface area contributed by atoms with Crippen LogP contribution in [0.3, 0.4) is 0 Å². The quantitative estimate of drug-likeness (QED) is 0.604. The molecule has 1 rings (SSSR count). The number of rotatable bonds is 2. The Hall–Kier alpha value is -0.830. The molecule has 0 aliphatic rings. The van der Waals surface area contributed by atoms with Crippen LogP contribution < -0.4 is 0 Å². The second-order valence-electron chi connectivity index (χ2n) is 2.99. The Labute approximate surface area is 60.3 Å². The summed E-state index contributed by atoms with van der Waals surface area (Å²) in [7, 11) is 0. The molecule has 1 heterocycles. The van der Waals surface area contributed by atoms with Crippen LogP contribution in [0.2, 0.25) is 0 Å². The van der Waals surface area contributed by atoms with E-state index in [0.717, 1.165) is 0 Å². The summed E-state index contributed by atoms with van der Waals surface area (Å²) in [4.78, 5) is 3.83. The molecular weight excluding hydrogens is 128 g/mol. The molecule has 0 spiro atoms. The fourth-order valence-electron chi connectivity index (χ4n) is 0.820. The van der Waals surface area contributed by atoms with Crippen molar-refractivity contribution in [3.63, 3.8) is 0 Å². The van der Waals surface area contributed by atoms with Crippen molar-refractivity contribution in [2.45, 2.75) is 26.0 Å². The fraction of sp³-hybridized carbons (Fsp3) is 0.571. The van der Waals surface area contributed by atoms with Crippen molar-refractivity contribution in [3.05, 3.63) is 18.7 Å². The summed E-state index contributed by atoms with van der Waals surface area (Å²) >= 11 is 0. The summed E-state index contributed by atoms with van der Waals surface area (Å²) in [5.74, 6) is 0. The van der Waals surface area contributed by atoms with Crippen LogP contribution in [0.5, 0.6) is 0 Å². The van der Waals surface area contributed by atoms with Gasteiger partial charge in [-0.05, 0) is 13.8 Å². The number of aromatic nitrogens is 2. The van der Waals surface area contributed by atoms with Crippen molar-refractivity contribution in [2.24, 2.45) is 0 Å². The van der Waals surface area contributed by atoms with Gasteiger partial charge in [-0.2, -0.15) is 0 Å². The van der Waals surface area contributed by atoms with Gasteiger partial charge in [-0.1, -0.05) is 0 Å². The third-order valence-corrected chi connectivity index (χ3v) is 1.12. The average molecular weight is 139 g/mol. The van der Waals surface area contributed by atoms with E-state index < -0.39 is 5.60 Å². The maximum Gasteiger partial charge on any atom is 0.116 e. The van der Waals surface area contributed by atoms with Crippen molar-refractivity contribution in [1.82, 2.24) is 9.55 Å². The smallest absolute Gasteiger partial charge is 0.116 e. The van der Waals surface area contributed by atoms with Crippen molar-refractivity contribution in [3.8, 4) is 0 Å². The monoisotopic (exact) mass is 139 g/mol. The molecule has 0 atom stereocenters. The molecule has 1 aromatic heterocycles. The van der Waals surface area contributed by atoms with Gasteiger partial charge in [0.05, 0.1) is 12.9 Å². The molecule has 1 radical (unpaired) electrons. The lowest BCUT2D eigenvalue weighted by Gasteiger charge is -2.13. The lowest BCUT2D eigenvalue weighted by molar-refractivity contribution is -0.0104. The highest BCUT2D eigenvalue weighted by Crippen LogP contribution is 2.05. The van der Waals surface area contributed by atoms with E-state index in [9.17, 15) is 5.11 Å². The van der Waals surface area contributed by atoms with Crippen LogP contribution in [-0.4, -0.2) is 15.2 Å². The second kappa shape index (κ2) is 2.42. The van der Waals surface area contributed by atoms with Gasteiger partial charge in [-0.15, -0.1) is 0 Å². The molecule has 1 aromatic rings. The molecule has 0 aliphatic heterocycles. The molecule has 0 bridgehead atoms. The van der Waals surface area contributed by atoms with Crippen LogP contribution in [-0.2, 0) is 11.7 Å². The number of imidazole rings is 1. The highest BCUT2D eigenvalue weighted by atomic mass is 16.3. The Kier molecular flexibility index (Phi) is 1.76. The first kappa shape index (κ1) is 7.28. The molecule has 0 amide bonds.